The molecule has 4 nitrogen and oxygen atoms in total. The smallest absolute Gasteiger partial charge is 0.298 e. The van der Waals surface area contributed by atoms with E-state index < -0.39 is 0 Å². The van der Waals surface area contributed by atoms with E-state index in [9.17, 15) is 9.59 Å². The topological polar surface area (TPSA) is 46.6 Å². The fourth-order valence-corrected chi connectivity index (χ4v) is 3.89. The van der Waals surface area contributed by atoms with Gasteiger partial charge in [-0.1, -0.05) is 54.5 Å². The van der Waals surface area contributed by atoms with Crippen molar-refractivity contribution in [3.63, 3.8) is 0 Å². The molecule has 0 spiro atoms. The minimum atomic E-state index is -0.350. The third kappa shape index (κ3) is 3.26. The molecular weight excluding hydrogens is 370 g/mol. The Morgan fingerprint density at radius 2 is 1.75 bits per heavy atom. The number of ether oxygens (including phenoxy) is 1. The number of terminal acetylenes is 1. The zero-order valence-electron chi connectivity index (χ0n) is 14.8. The van der Waals surface area contributed by atoms with Crippen LogP contribution in [0.4, 0.5) is 10.5 Å². The Labute approximate surface area is 166 Å². The first-order chi connectivity index (χ1) is 13.7. The summed E-state index contributed by atoms with van der Waals surface area (Å²) in [6.45, 7) is 0.116. The highest BCUT2D eigenvalue weighted by atomic mass is 32.2. The summed E-state index contributed by atoms with van der Waals surface area (Å²) in [7, 11) is 0. The number of rotatable bonds is 4. The molecule has 0 radical (unpaired) electrons. The number of carbonyl (C=O) groups is 2. The molecule has 1 aliphatic rings. The number of carbonyl (C=O) groups excluding carboxylic acids is 2. The molecule has 1 heterocycles. The van der Waals surface area contributed by atoms with Crippen LogP contribution in [-0.4, -0.2) is 17.8 Å². The lowest BCUT2D eigenvalue weighted by Crippen LogP contribution is -2.27. The molecule has 0 aliphatic carbocycles. The first-order valence-corrected chi connectivity index (χ1v) is 9.41. The van der Waals surface area contributed by atoms with E-state index in [0.29, 0.717) is 16.3 Å². The van der Waals surface area contributed by atoms with Crippen LogP contribution in [0, 0.1) is 12.3 Å². The Bertz CT molecular complexity index is 1150. The molecule has 3 aromatic rings. The fourth-order valence-electron chi connectivity index (χ4n) is 3.07. The van der Waals surface area contributed by atoms with Crippen molar-refractivity contribution in [2.24, 2.45) is 0 Å². The highest BCUT2D eigenvalue weighted by molar-refractivity contribution is 8.19. The van der Waals surface area contributed by atoms with Crippen LogP contribution in [0.5, 0.6) is 5.75 Å². The minimum absolute atomic E-state index is 0.116. The van der Waals surface area contributed by atoms with Crippen LogP contribution in [-0.2, 0) is 4.79 Å². The van der Waals surface area contributed by atoms with Crippen LogP contribution in [0.15, 0.2) is 71.6 Å². The zero-order valence-corrected chi connectivity index (χ0v) is 15.6. The summed E-state index contributed by atoms with van der Waals surface area (Å²) < 4.78 is 5.68. The van der Waals surface area contributed by atoms with Crippen molar-refractivity contribution < 1.29 is 14.3 Å². The van der Waals surface area contributed by atoms with Gasteiger partial charge < -0.3 is 4.74 Å². The van der Waals surface area contributed by atoms with Crippen molar-refractivity contribution in [2.75, 3.05) is 11.5 Å². The summed E-state index contributed by atoms with van der Waals surface area (Å²) in [5, 5.41) is 1.60. The molecule has 1 fully saturated rings. The van der Waals surface area contributed by atoms with Gasteiger partial charge in [0.2, 0.25) is 0 Å². The number of hydrogen-bond donors (Lipinski definition) is 0. The Morgan fingerprint density at radius 1 is 1.00 bits per heavy atom. The van der Waals surface area contributed by atoms with Crippen molar-refractivity contribution in [1.29, 1.82) is 0 Å². The van der Waals surface area contributed by atoms with Gasteiger partial charge in [0, 0.05) is 5.56 Å². The van der Waals surface area contributed by atoms with E-state index in [-0.39, 0.29) is 17.8 Å². The maximum absolute atomic E-state index is 12.9. The van der Waals surface area contributed by atoms with E-state index in [1.54, 1.807) is 30.3 Å². The fraction of sp³-hybridized carbons (Fsp3) is 0.0435. The van der Waals surface area contributed by atoms with E-state index in [1.807, 2.05) is 42.5 Å². The van der Waals surface area contributed by atoms with Gasteiger partial charge in [0.25, 0.3) is 11.1 Å². The summed E-state index contributed by atoms with van der Waals surface area (Å²) in [5.74, 6) is 2.67. The molecule has 136 valence electrons. The molecule has 28 heavy (non-hydrogen) atoms. The Morgan fingerprint density at radius 3 is 2.54 bits per heavy atom. The molecule has 4 rings (SSSR count). The van der Waals surface area contributed by atoms with E-state index in [1.165, 1.54) is 4.90 Å². The number of anilines is 1. The number of hydrogen-bond acceptors (Lipinski definition) is 4. The molecule has 0 aromatic heterocycles. The largest absolute Gasteiger partial charge is 0.480 e. The Kier molecular flexibility index (Phi) is 4.88. The van der Waals surface area contributed by atoms with Gasteiger partial charge in [0.05, 0.1) is 10.6 Å². The maximum atomic E-state index is 12.9. The first-order valence-electron chi connectivity index (χ1n) is 8.60. The third-order valence-corrected chi connectivity index (χ3v) is 5.19. The van der Waals surface area contributed by atoms with Crippen LogP contribution >= 0.6 is 11.8 Å². The summed E-state index contributed by atoms with van der Waals surface area (Å²) in [6, 6.07) is 20.4. The van der Waals surface area contributed by atoms with Crippen LogP contribution < -0.4 is 9.64 Å². The summed E-state index contributed by atoms with van der Waals surface area (Å²) in [5.41, 5.74) is 1.28. The van der Waals surface area contributed by atoms with Gasteiger partial charge in [-0.25, -0.2) is 4.90 Å². The van der Waals surface area contributed by atoms with Crippen molar-refractivity contribution in [3.8, 4) is 18.1 Å². The number of para-hydroxylation sites is 1. The molecule has 1 aliphatic heterocycles. The van der Waals surface area contributed by atoms with Gasteiger partial charge in [0.15, 0.2) is 0 Å². The summed E-state index contributed by atoms with van der Waals surface area (Å²) >= 11 is 0.915. The van der Waals surface area contributed by atoms with E-state index >= 15 is 0 Å². The number of benzene rings is 3. The number of thioether (sulfide) groups is 1. The maximum Gasteiger partial charge on any atom is 0.298 e. The quantitative estimate of drug-likeness (QED) is 0.463. The third-order valence-electron chi connectivity index (χ3n) is 4.33. The number of fused-ring (bicyclic) bond motifs is 1. The van der Waals surface area contributed by atoms with E-state index in [0.717, 1.165) is 28.1 Å². The Balaban J connectivity index is 1.80. The SMILES string of the molecule is C#CCOc1ccc2ccccc2c1/C=C1/SC(=O)N(c2ccccc2)C1=O. The first kappa shape index (κ1) is 17.9. The number of amides is 2. The highest BCUT2D eigenvalue weighted by Gasteiger charge is 2.36. The predicted molar refractivity (Wildman–Crippen MR) is 113 cm³/mol. The second-order valence-corrected chi connectivity index (χ2v) is 7.04. The van der Waals surface area contributed by atoms with Gasteiger partial charge in [-0.15, -0.1) is 6.42 Å². The monoisotopic (exact) mass is 385 g/mol. The van der Waals surface area contributed by atoms with Crippen molar-refractivity contribution >= 4 is 45.4 Å². The van der Waals surface area contributed by atoms with Crippen LogP contribution in [0.3, 0.4) is 0 Å². The molecule has 0 unspecified atom stereocenters. The summed E-state index contributed by atoms with van der Waals surface area (Å²) in [6.07, 6.45) is 7.04. The molecular formula is C23H15NO3S. The normalized spacial score (nSPS) is 15.2. The number of imide groups is 1. The van der Waals surface area contributed by atoms with Crippen molar-refractivity contribution in [3.05, 3.63) is 77.2 Å². The predicted octanol–water partition coefficient (Wildman–Crippen LogP) is 5.09. The van der Waals surface area contributed by atoms with E-state index in [4.69, 9.17) is 11.2 Å². The molecule has 3 aromatic carbocycles. The van der Waals surface area contributed by atoms with Crippen molar-refractivity contribution in [2.45, 2.75) is 0 Å². The van der Waals surface area contributed by atoms with Crippen molar-refractivity contribution in [1.82, 2.24) is 0 Å². The van der Waals surface area contributed by atoms with E-state index in [2.05, 4.69) is 5.92 Å². The molecule has 0 atom stereocenters. The molecule has 1 saturated heterocycles. The lowest BCUT2D eigenvalue weighted by atomic mass is 10.0. The Hall–Kier alpha value is -3.49. The molecule has 0 saturated carbocycles. The van der Waals surface area contributed by atoms with Gasteiger partial charge >= 0.3 is 0 Å². The van der Waals surface area contributed by atoms with Crippen LogP contribution in [0.2, 0.25) is 0 Å². The van der Waals surface area contributed by atoms with Gasteiger partial charge in [-0.2, -0.15) is 0 Å². The minimum Gasteiger partial charge on any atom is -0.480 e. The highest BCUT2D eigenvalue weighted by Crippen LogP contribution is 2.38. The standard InChI is InChI=1S/C23H15NO3S/c1-2-14-27-20-13-12-16-8-6-7-11-18(16)19(20)15-21-22(25)24(23(26)28-21)17-9-4-3-5-10-17/h1,3-13,15H,14H2/b21-15+. The summed E-state index contributed by atoms with van der Waals surface area (Å²) in [4.78, 5) is 26.9. The average Bonchev–Trinajstić information content (AvgIpc) is 3.01. The molecule has 0 bridgehead atoms. The van der Waals surface area contributed by atoms with Gasteiger partial charge in [0.1, 0.15) is 12.4 Å². The second-order valence-electron chi connectivity index (χ2n) is 6.04. The van der Waals surface area contributed by atoms with Crippen LogP contribution in [0.1, 0.15) is 5.56 Å². The molecule has 2 amide bonds. The lowest BCUT2D eigenvalue weighted by molar-refractivity contribution is -0.113. The lowest BCUT2D eigenvalue weighted by Gasteiger charge is -2.12. The molecule has 5 heteroatoms. The van der Waals surface area contributed by atoms with Gasteiger partial charge in [-0.05, 0) is 46.8 Å². The average molecular weight is 385 g/mol. The van der Waals surface area contributed by atoms with Crippen LogP contribution in [0.25, 0.3) is 16.8 Å². The zero-order chi connectivity index (χ0) is 19.5. The van der Waals surface area contributed by atoms with Gasteiger partial charge in [-0.3, -0.25) is 9.59 Å². The number of nitrogens with zero attached hydrogens (tertiary/aromatic N) is 1. The second kappa shape index (κ2) is 7.63. The molecule has 0 N–H and O–H groups in total.